The predicted octanol–water partition coefficient (Wildman–Crippen LogP) is 2.15. The average Bonchev–Trinajstić information content (AvgIpc) is 3.15. The summed E-state index contributed by atoms with van der Waals surface area (Å²) in [4.78, 5) is 50.0. The van der Waals surface area contributed by atoms with Gasteiger partial charge in [0.25, 0.3) is 0 Å². The Labute approximate surface area is 147 Å². The number of amides is 5. The molecule has 1 N–H and O–H groups in total. The highest BCUT2D eigenvalue weighted by molar-refractivity contribution is 6.45. The fourth-order valence-corrected chi connectivity index (χ4v) is 3.24. The zero-order valence-electron chi connectivity index (χ0n) is 13.1. The zero-order valence-corrected chi connectivity index (χ0v) is 13.9. The van der Waals surface area contributed by atoms with Crippen molar-refractivity contribution in [3.05, 3.63) is 29.0 Å². The van der Waals surface area contributed by atoms with Gasteiger partial charge in [-0.2, -0.15) is 0 Å². The molecule has 7 nitrogen and oxygen atoms in total. The van der Waals surface area contributed by atoms with Crippen molar-refractivity contribution >= 4 is 41.0 Å². The molecule has 25 heavy (non-hydrogen) atoms. The summed E-state index contributed by atoms with van der Waals surface area (Å²) < 4.78 is 13.6. The van der Waals surface area contributed by atoms with E-state index in [2.05, 4.69) is 5.32 Å². The molecule has 132 valence electrons. The highest BCUT2D eigenvalue weighted by Crippen LogP contribution is 2.27. The Bertz CT molecular complexity index is 764. The highest BCUT2D eigenvalue weighted by Gasteiger charge is 2.48. The van der Waals surface area contributed by atoms with Gasteiger partial charge < -0.3 is 5.32 Å². The quantitative estimate of drug-likeness (QED) is 0.652. The fraction of sp³-hybridized carbons (Fsp3) is 0.375. The summed E-state index contributed by atoms with van der Waals surface area (Å²) in [5, 5.41) is 2.46. The topological polar surface area (TPSA) is 86.8 Å². The van der Waals surface area contributed by atoms with Crippen LogP contribution in [0.15, 0.2) is 18.2 Å². The Morgan fingerprint density at radius 3 is 2.56 bits per heavy atom. The molecule has 1 aliphatic carbocycles. The van der Waals surface area contributed by atoms with E-state index in [4.69, 9.17) is 11.6 Å². The molecule has 0 atom stereocenters. The average molecular weight is 368 g/mol. The van der Waals surface area contributed by atoms with E-state index in [-0.39, 0.29) is 16.8 Å². The van der Waals surface area contributed by atoms with Crippen molar-refractivity contribution in [3.8, 4) is 0 Å². The number of hydrogen-bond acceptors (Lipinski definition) is 4. The summed E-state index contributed by atoms with van der Waals surface area (Å²) in [6.07, 6.45) is 3.06. The molecular weight excluding hydrogens is 353 g/mol. The zero-order chi connectivity index (χ0) is 18.1. The number of benzene rings is 1. The van der Waals surface area contributed by atoms with Crippen LogP contribution in [0.25, 0.3) is 0 Å². The molecule has 5 amide bonds. The van der Waals surface area contributed by atoms with E-state index >= 15 is 0 Å². The van der Waals surface area contributed by atoms with Crippen LogP contribution in [-0.2, 0) is 14.4 Å². The molecule has 1 aromatic carbocycles. The molecular formula is C16H15ClFN3O4. The first-order valence-electron chi connectivity index (χ1n) is 7.82. The number of carbonyl (C=O) groups excluding carboxylic acids is 4. The van der Waals surface area contributed by atoms with E-state index in [0.717, 1.165) is 23.8 Å². The van der Waals surface area contributed by atoms with E-state index in [9.17, 15) is 23.6 Å². The maximum atomic E-state index is 13.6. The first kappa shape index (κ1) is 17.3. The van der Waals surface area contributed by atoms with Gasteiger partial charge in [0.05, 0.1) is 5.69 Å². The smallest absolute Gasteiger partial charge is 0.322 e. The number of hydrogen-bond donors (Lipinski definition) is 1. The summed E-state index contributed by atoms with van der Waals surface area (Å²) in [7, 11) is 0. The Morgan fingerprint density at radius 2 is 1.88 bits per heavy atom. The second kappa shape index (κ2) is 6.79. The number of halogens is 2. The van der Waals surface area contributed by atoms with E-state index in [0.29, 0.717) is 17.7 Å². The van der Waals surface area contributed by atoms with Gasteiger partial charge in [0, 0.05) is 11.1 Å². The van der Waals surface area contributed by atoms with Crippen molar-refractivity contribution in [3.63, 3.8) is 0 Å². The van der Waals surface area contributed by atoms with Gasteiger partial charge in [-0.25, -0.2) is 14.1 Å². The molecule has 0 aromatic heterocycles. The molecule has 1 aliphatic heterocycles. The minimum absolute atomic E-state index is 0.171. The van der Waals surface area contributed by atoms with E-state index in [1.165, 1.54) is 12.1 Å². The Hall–Kier alpha value is -2.48. The van der Waals surface area contributed by atoms with Crippen molar-refractivity contribution in [2.75, 3.05) is 11.9 Å². The summed E-state index contributed by atoms with van der Waals surface area (Å²) >= 11 is 5.74. The number of nitrogens with one attached hydrogen (secondary N) is 1. The van der Waals surface area contributed by atoms with Gasteiger partial charge in [-0.15, -0.1) is 0 Å². The lowest BCUT2D eigenvalue weighted by Crippen LogP contribution is -2.41. The van der Waals surface area contributed by atoms with Gasteiger partial charge >= 0.3 is 17.8 Å². The van der Waals surface area contributed by atoms with Crippen LogP contribution in [0.3, 0.4) is 0 Å². The van der Waals surface area contributed by atoms with E-state index < -0.39 is 36.1 Å². The number of carbonyl (C=O) groups is 4. The molecule has 1 heterocycles. The van der Waals surface area contributed by atoms with Crippen LogP contribution in [0.2, 0.25) is 5.02 Å². The molecule has 2 fully saturated rings. The van der Waals surface area contributed by atoms with E-state index in [1.807, 2.05) is 0 Å². The SMILES string of the molecule is O=C(CN1C(=O)C(=O)N(C2CCCC2)C1=O)Nc1cc(Cl)ccc1F. The lowest BCUT2D eigenvalue weighted by Gasteiger charge is -2.20. The van der Waals surface area contributed by atoms with Crippen LogP contribution in [0, 0.1) is 5.82 Å². The van der Waals surface area contributed by atoms with Crippen LogP contribution in [0.1, 0.15) is 25.7 Å². The lowest BCUT2D eigenvalue weighted by atomic mass is 10.2. The molecule has 0 radical (unpaired) electrons. The normalized spacial score (nSPS) is 18.4. The Kier molecular flexibility index (Phi) is 4.71. The minimum Gasteiger partial charge on any atom is -0.322 e. The third-order valence-electron chi connectivity index (χ3n) is 4.28. The van der Waals surface area contributed by atoms with Crippen molar-refractivity contribution < 1.29 is 23.6 Å². The third kappa shape index (κ3) is 3.34. The standard InChI is InChI=1S/C16H15ClFN3O4/c17-9-5-6-11(18)12(7-9)19-13(22)8-20-14(23)15(24)21(16(20)25)10-3-1-2-4-10/h5-7,10H,1-4,8H2,(H,19,22). The predicted molar refractivity (Wildman–Crippen MR) is 86.3 cm³/mol. The Balaban J connectivity index is 1.70. The van der Waals surface area contributed by atoms with Crippen LogP contribution in [0.4, 0.5) is 14.9 Å². The van der Waals surface area contributed by atoms with Crippen molar-refractivity contribution in [2.24, 2.45) is 0 Å². The van der Waals surface area contributed by atoms with Gasteiger partial charge in [0.15, 0.2) is 0 Å². The second-order valence-electron chi connectivity index (χ2n) is 5.96. The number of imide groups is 2. The molecule has 0 bridgehead atoms. The summed E-state index contributed by atoms with van der Waals surface area (Å²) in [6.45, 7) is -0.668. The van der Waals surface area contributed by atoms with Gasteiger partial charge in [0.1, 0.15) is 12.4 Å². The lowest BCUT2D eigenvalue weighted by molar-refractivity contribution is -0.144. The number of rotatable bonds is 4. The second-order valence-corrected chi connectivity index (χ2v) is 6.40. The number of anilines is 1. The summed E-state index contributed by atoms with van der Waals surface area (Å²) in [5.41, 5.74) is -0.171. The molecule has 9 heteroatoms. The molecule has 1 saturated heterocycles. The van der Waals surface area contributed by atoms with Crippen molar-refractivity contribution in [1.29, 1.82) is 0 Å². The van der Waals surface area contributed by atoms with Crippen LogP contribution < -0.4 is 5.32 Å². The molecule has 0 unspecified atom stereocenters. The fourth-order valence-electron chi connectivity index (χ4n) is 3.07. The number of urea groups is 1. The van der Waals surface area contributed by atoms with Crippen LogP contribution in [0.5, 0.6) is 0 Å². The largest absolute Gasteiger partial charge is 0.334 e. The monoisotopic (exact) mass is 367 g/mol. The van der Waals surface area contributed by atoms with E-state index in [1.54, 1.807) is 0 Å². The van der Waals surface area contributed by atoms with Crippen molar-refractivity contribution in [2.45, 2.75) is 31.7 Å². The maximum absolute atomic E-state index is 13.6. The highest BCUT2D eigenvalue weighted by atomic mass is 35.5. The van der Waals surface area contributed by atoms with Gasteiger partial charge in [0.2, 0.25) is 5.91 Å². The molecule has 1 saturated carbocycles. The van der Waals surface area contributed by atoms with Gasteiger partial charge in [-0.1, -0.05) is 24.4 Å². The number of nitrogens with zero attached hydrogens (tertiary/aromatic N) is 2. The van der Waals surface area contributed by atoms with Gasteiger partial charge in [-0.3, -0.25) is 19.3 Å². The maximum Gasteiger partial charge on any atom is 0.334 e. The summed E-state index contributed by atoms with van der Waals surface area (Å²) in [6, 6.07) is 2.50. The van der Waals surface area contributed by atoms with Gasteiger partial charge in [-0.05, 0) is 31.0 Å². The Morgan fingerprint density at radius 1 is 1.20 bits per heavy atom. The molecule has 2 aliphatic rings. The first-order chi connectivity index (χ1) is 11.9. The molecule has 0 spiro atoms. The molecule has 1 aromatic rings. The third-order valence-corrected chi connectivity index (χ3v) is 4.51. The van der Waals surface area contributed by atoms with Crippen molar-refractivity contribution in [1.82, 2.24) is 9.80 Å². The minimum atomic E-state index is -1.04. The van der Waals surface area contributed by atoms with Crippen LogP contribution >= 0.6 is 11.6 Å². The molecule has 3 rings (SSSR count). The van der Waals surface area contributed by atoms with Crippen LogP contribution in [-0.4, -0.2) is 46.1 Å². The summed E-state index contributed by atoms with van der Waals surface area (Å²) in [5.74, 6) is -3.47. The first-order valence-corrected chi connectivity index (χ1v) is 8.20.